The molecule has 5 aromatic rings. The van der Waals surface area contributed by atoms with Crippen LogP contribution in [-0.4, -0.2) is 9.55 Å². The predicted molar refractivity (Wildman–Crippen MR) is 116 cm³/mol. The average molecular weight is 396 g/mol. The third-order valence-electron chi connectivity index (χ3n) is 4.59. The molecule has 0 saturated carbocycles. The summed E-state index contributed by atoms with van der Waals surface area (Å²) in [5.74, 6) is 0. The van der Waals surface area contributed by atoms with Gasteiger partial charge in [0.05, 0.1) is 5.69 Å². The van der Waals surface area contributed by atoms with Gasteiger partial charge in [0.1, 0.15) is 5.58 Å². The molecule has 0 atom stereocenters. The predicted octanol–water partition coefficient (Wildman–Crippen LogP) is 5.80. The summed E-state index contributed by atoms with van der Waals surface area (Å²) in [6, 6.07) is 29.2. The fourth-order valence-electron chi connectivity index (χ4n) is 3.22. The number of rotatable bonds is 4. The lowest BCUT2D eigenvalue weighted by molar-refractivity contribution is 0.557. The Morgan fingerprint density at radius 3 is 2.31 bits per heavy atom. The largest absolute Gasteiger partial charge is 0.423 e. The second-order valence-electron chi connectivity index (χ2n) is 6.51. The van der Waals surface area contributed by atoms with Gasteiger partial charge in [-0.2, -0.15) is 0 Å². The highest BCUT2D eigenvalue weighted by molar-refractivity contribution is 7.99. The van der Waals surface area contributed by atoms with Crippen LogP contribution >= 0.6 is 11.8 Å². The van der Waals surface area contributed by atoms with Gasteiger partial charge < -0.3 is 4.42 Å². The van der Waals surface area contributed by atoms with Gasteiger partial charge in [-0.1, -0.05) is 78.5 Å². The molecule has 5 heteroatoms. The van der Waals surface area contributed by atoms with Crippen molar-refractivity contribution in [2.24, 2.45) is 0 Å². The van der Waals surface area contributed by atoms with Gasteiger partial charge in [0.2, 0.25) is 0 Å². The Kier molecular flexibility index (Phi) is 4.50. The molecule has 5 rings (SSSR count). The first-order valence-electron chi connectivity index (χ1n) is 9.19. The Morgan fingerprint density at radius 1 is 0.828 bits per heavy atom. The lowest BCUT2D eigenvalue weighted by atomic mass is 10.2. The van der Waals surface area contributed by atoms with E-state index < -0.39 is 0 Å². The van der Waals surface area contributed by atoms with E-state index in [2.05, 4.69) is 4.57 Å². The Balaban J connectivity index is 1.67. The molecular weight excluding hydrogens is 380 g/mol. The van der Waals surface area contributed by atoms with Gasteiger partial charge in [0.15, 0.2) is 5.16 Å². The van der Waals surface area contributed by atoms with Crippen LogP contribution in [0.5, 0.6) is 0 Å². The van der Waals surface area contributed by atoms with Gasteiger partial charge in [0, 0.05) is 33.8 Å². The molecule has 0 fully saturated rings. The van der Waals surface area contributed by atoms with E-state index >= 15 is 0 Å². The van der Waals surface area contributed by atoms with E-state index in [1.807, 2.05) is 85.1 Å². The lowest BCUT2D eigenvalue weighted by Gasteiger charge is -2.08. The van der Waals surface area contributed by atoms with Crippen molar-refractivity contribution in [1.29, 1.82) is 0 Å². The Labute approximate surface area is 171 Å². The normalized spacial score (nSPS) is 11.0. The number of hydrogen-bond acceptors (Lipinski definition) is 4. The van der Waals surface area contributed by atoms with Gasteiger partial charge in [-0.15, -0.1) is 0 Å². The minimum atomic E-state index is -0.368. The molecule has 140 valence electrons. The SMILES string of the molecule is O=c1cc(Sc2nc(-c3ccccc3)cn2-c2ccccc2)c2ccccc2o1. The Bertz CT molecular complexity index is 1340. The van der Waals surface area contributed by atoms with E-state index in [1.165, 1.54) is 17.8 Å². The summed E-state index contributed by atoms with van der Waals surface area (Å²) < 4.78 is 7.39. The summed E-state index contributed by atoms with van der Waals surface area (Å²) in [6.45, 7) is 0. The molecule has 0 spiro atoms. The van der Waals surface area contributed by atoms with E-state index in [4.69, 9.17) is 9.40 Å². The number of imidazole rings is 1. The van der Waals surface area contributed by atoms with Gasteiger partial charge in [-0.05, 0) is 18.2 Å². The summed E-state index contributed by atoms with van der Waals surface area (Å²) in [5.41, 5.74) is 3.14. The molecule has 0 radical (unpaired) electrons. The van der Waals surface area contributed by atoms with Crippen molar-refractivity contribution in [2.45, 2.75) is 10.1 Å². The zero-order chi connectivity index (χ0) is 19.6. The molecule has 0 N–H and O–H groups in total. The number of para-hydroxylation sites is 2. The highest BCUT2D eigenvalue weighted by Gasteiger charge is 2.15. The minimum absolute atomic E-state index is 0.368. The van der Waals surface area contributed by atoms with Crippen LogP contribution in [0.25, 0.3) is 27.9 Å². The van der Waals surface area contributed by atoms with Crippen molar-refractivity contribution >= 4 is 22.7 Å². The van der Waals surface area contributed by atoms with Crippen molar-refractivity contribution in [3.05, 3.63) is 108 Å². The summed E-state index contributed by atoms with van der Waals surface area (Å²) in [4.78, 5) is 17.8. The average Bonchev–Trinajstić information content (AvgIpc) is 3.19. The van der Waals surface area contributed by atoms with Crippen molar-refractivity contribution in [3.8, 4) is 16.9 Å². The molecule has 3 aromatic carbocycles. The van der Waals surface area contributed by atoms with Crippen LogP contribution in [-0.2, 0) is 0 Å². The van der Waals surface area contributed by atoms with Crippen LogP contribution in [0.15, 0.2) is 116 Å². The summed E-state index contributed by atoms with van der Waals surface area (Å²) in [7, 11) is 0. The Morgan fingerprint density at radius 2 is 1.52 bits per heavy atom. The monoisotopic (exact) mass is 396 g/mol. The molecule has 0 aliphatic carbocycles. The van der Waals surface area contributed by atoms with Crippen molar-refractivity contribution < 1.29 is 4.42 Å². The molecule has 2 aromatic heterocycles. The molecule has 0 aliphatic rings. The van der Waals surface area contributed by atoms with E-state index in [0.29, 0.717) is 5.58 Å². The zero-order valence-electron chi connectivity index (χ0n) is 15.4. The number of aromatic nitrogens is 2. The molecule has 0 amide bonds. The topological polar surface area (TPSA) is 48.0 Å². The molecule has 29 heavy (non-hydrogen) atoms. The van der Waals surface area contributed by atoms with Crippen LogP contribution in [0.2, 0.25) is 0 Å². The van der Waals surface area contributed by atoms with Gasteiger partial charge in [0.25, 0.3) is 0 Å². The molecule has 0 aliphatic heterocycles. The van der Waals surface area contributed by atoms with E-state index in [-0.39, 0.29) is 5.63 Å². The van der Waals surface area contributed by atoms with Crippen LogP contribution in [0.1, 0.15) is 0 Å². The van der Waals surface area contributed by atoms with Gasteiger partial charge in [-0.3, -0.25) is 4.57 Å². The van der Waals surface area contributed by atoms with Crippen LogP contribution in [0, 0.1) is 0 Å². The summed E-state index contributed by atoms with van der Waals surface area (Å²) >= 11 is 1.46. The molecule has 4 nitrogen and oxygen atoms in total. The standard InChI is InChI=1S/C24H16N2O2S/c27-23-15-22(19-13-7-8-14-21(19)28-23)29-24-25-20(17-9-3-1-4-10-17)16-26(24)18-11-5-2-6-12-18/h1-16H. The maximum absolute atomic E-state index is 12.1. The number of nitrogens with zero attached hydrogens (tertiary/aromatic N) is 2. The number of fused-ring (bicyclic) bond motifs is 1. The van der Waals surface area contributed by atoms with Crippen LogP contribution < -0.4 is 5.63 Å². The molecule has 0 bridgehead atoms. The first-order chi connectivity index (χ1) is 14.3. The van der Waals surface area contributed by atoms with Crippen molar-refractivity contribution in [3.63, 3.8) is 0 Å². The fraction of sp³-hybridized carbons (Fsp3) is 0. The molecule has 0 saturated heterocycles. The second kappa shape index (κ2) is 7.45. The highest BCUT2D eigenvalue weighted by atomic mass is 32.2. The third-order valence-corrected chi connectivity index (χ3v) is 5.62. The highest BCUT2D eigenvalue weighted by Crippen LogP contribution is 2.35. The molecule has 0 unspecified atom stereocenters. The van der Waals surface area contributed by atoms with Gasteiger partial charge in [-0.25, -0.2) is 9.78 Å². The smallest absolute Gasteiger partial charge is 0.337 e. The zero-order valence-corrected chi connectivity index (χ0v) is 16.2. The summed E-state index contributed by atoms with van der Waals surface area (Å²) in [5, 5.41) is 1.67. The quantitative estimate of drug-likeness (QED) is 0.360. The maximum Gasteiger partial charge on any atom is 0.337 e. The van der Waals surface area contributed by atoms with E-state index in [1.54, 1.807) is 6.07 Å². The number of hydrogen-bond donors (Lipinski definition) is 0. The van der Waals surface area contributed by atoms with Crippen LogP contribution in [0.4, 0.5) is 0 Å². The summed E-state index contributed by atoms with van der Waals surface area (Å²) in [6.07, 6.45) is 2.03. The number of benzene rings is 3. The third kappa shape index (κ3) is 3.48. The van der Waals surface area contributed by atoms with E-state index in [9.17, 15) is 4.79 Å². The van der Waals surface area contributed by atoms with E-state index in [0.717, 1.165) is 32.4 Å². The first-order valence-corrected chi connectivity index (χ1v) is 10.0. The van der Waals surface area contributed by atoms with Crippen LogP contribution in [0.3, 0.4) is 0 Å². The van der Waals surface area contributed by atoms with Crippen molar-refractivity contribution in [2.75, 3.05) is 0 Å². The first kappa shape index (κ1) is 17.5. The molecule has 2 heterocycles. The van der Waals surface area contributed by atoms with Crippen molar-refractivity contribution in [1.82, 2.24) is 9.55 Å². The second-order valence-corrected chi connectivity index (χ2v) is 7.52. The maximum atomic E-state index is 12.1. The minimum Gasteiger partial charge on any atom is -0.423 e. The molecular formula is C24H16N2O2S. The fourth-order valence-corrected chi connectivity index (χ4v) is 4.25. The Hall–Kier alpha value is -3.57. The van der Waals surface area contributed by atoms with Gasteiger partial charge >= 0.3 is 5.63 Å². The lowest BCUT2D eigenvalue weighted by Crippen LogP contribution is -1.99.